The van der Waals surface area contributed by atoms with Crippen LogP contribution in [-0.4, -0.2) is 93.9 Å². The number of carboxylic acid groups (broad SMARTS) is 2. The predicted molar refractivity (Wildman–Crippen MR) is 129 cm³/mol. The monoisotopic (exact) mass is 528 g/mol. The van der Waals surface area contributed by atoms with E-state index in [4.69, 9.17) is 28.0 Å². The number of rotatable bonds is 16. The Hall–Kier alpha value is -3.95. The normalized spacial score (nSPS) is 17.2. The molecule has 1 heterocycles. The molecule has 0 aromatic carbocycles. The van der Waals surface area contributed by atoms with Gasteiger partial charge < -0.3 is 48.7 Å². The number of hydrogen-bond donors (Lipinski definition) is 8. The van der Waals surface area contributed by atoms with E-state index in [0.717, 1.165) is 0 Å². The first-order valence-electron chi connectivity index (χ1n) is 11.8. The molecule has 0 radical (unpaired) electrons. The first-order chi connectivity index (χ1) is 17.3. The fourth-order valence-corrected chi connectivity index (χ4v) is 3.76. The molecule has 4 atom stereocenters. The predicted octanol–water partition coefficient (Wildman–Crippen LogP) is -3.46. The number of nitrogens with one attached hydrogen (secondary N) is 2. The van der Waals surface area contributed by atoms with Crippen molar-refractivity contribution < 1.29 is 39.0 Å². The molecule has 16 heteroatoms. The van der Waals surface area contributed by atoms with Crippen LogP contribution in [0.2, 0.25) is 0 Å². The lowest BCUT2D eigenvalue weighted by molar-refractivity contribution is -0.145. The molecule has 0 aliphatic carbocycles. The van der Waals surface area contributed by atoms with Gasteiger partial charge in [-0.3, -0.25) is 29.0 Å². The summed E-state index contributed by atoms with van der Waals surface area (Å²) in [6.45, 7) is 0.332. The van der Waals surface area contributed by atoms with Gasteiger partial charge in [0.1, 0.15) is 18.1 Å². The summed E-state index contributed by atoms with van der Waals surface area (Å²) >= 11 is 0. The van der Waals surface area contributed by atoms with Gasteiger partial charge in [-0.2, -0.15) is 0 Å². The minimum atomic E-state index is -1.27. The van der Waals surface area contributed by atoms with Crippen LogP contribution < -0.4 is 33.6 Å². The highest BCUT2D eigenvalue weighted by Crippen LogP contribution is 2.20. The molecule has 208 valence electrons. The lowest BCUT2D eigenvalue weighted by Gasteiger charge is -2.30. The molecule has 0 spiro atoms. The minimum Gasteiger partial charge on any atom is -0.481 e. The zero-order chi connectivity index (χ0) is 28.1. The number of aliphatic carboxylic acids is 2. The van der Waals surface area contributed by atoms with Crippen LogP contribution in [0.15, 0.2) is 4.99 Å². The Kier molecular flexibility index (Phi) is 12.8. The maximum absolute atomic E-state index is 13.3. The SMILES string of the molecule is NC(=O)CC[C@H](NC(=O)[C@@H](N)CCC(=O)O)C(=O)N1CCC[C@H]1C(=O)N[C@@H](CCCN=C(N)N)C(=O)O. The smallest absolute Gasteiger partial charge is 0.326 e. The summed E-state index contributed by atoms with van der Waals surface area (Å²) in [5.74, 6) is -5.42. The van der Waals surface area contributed by atoms with Crippen molar-refractivity contribution in [2.24, 2.45) is 27.9 Å². The summed E-state index contributed by atoms with van der Waals surface area (Å²) in [6, 6.07) is -4.70. The largest absolute Gasteiger partial charge is 0.481 e. The summed E-state index contributed by atoms with van der Waals surface area (Å²) in [4.78, 5) is 77.3. The number of likely N-dealkylation sites (tertiary alicyclic amines) is 1. The molecule has 1 rings (SSSR count). The summed E-state index contributed by atoms with van der Waals surface area (Å²) in [6.07, 6.45) is 0.0799. The van der Waals surface area contributed by atoms with Crippen LogP contribution in [0.25, 0.3) is 0 Å². The van der Waals surface area contributed by atoms with E-state index in [2.05, 4.69) is 15.6 Å². The number of hydrogen-bond acceptors (Lipinski definition) is 8. The van der Waals surface area contributed by atoms with Crippen molar-refractivity contribution in [1.29, 1.82) is 0 Å². The van der Waals surface area contributed by atoms with Gasteiger partial charge in [-0.05, 0) is 38.5 Å². The number of amides is 4. The number of primary amides is 1. The van der Waals surface area contributed by atoms with E-state index in [-0.39, 0.29) is 64.0 Å². The quantitative estimate of drug-likeness (QED) is 0.0553. The van der Waals surface area contributed by atoms with Crippen molar-refractivity contribution in [1.82, 2.24) is 15.5 Å². The van der Waals surface area contributed by atoms with Gasteiger partial charge in [-0.15, -0.1) is 0 Å². The molecule has 0 aromatic heterocycles. The first-order valence-corrected chi connectivity index (χ1v) is 11.8. The second kappa shape index (κ2) is 15.2. The number of carbonyl (C=O) groups excluding carboxylic acids is 4. The maximum atomic E-state index is 13.3. The van der Waals surface area contributed by atoms with Crippen molar-refractivity contribution in [3.05, 3.63) is 0 Å². The van der Waals surface area contributed by atoms with E-state index in [1.807, 2.05) is 0 Å². The average molecular weight is 529 g/mol. The Morgan fingerprint density at radius 3 is 2.19 bits per heavy atom. The van der Waals surface area contributed by atoms with E-state index in [9.17, 15) is 33.9 Å². The molecule has 0 saturated carbocycles. The van der Waals surface area contributed by atoms with Gasteiger partial charge in [-0.1, -0.05) is 0 Å². The van der Waals surface area contributed by atoms with Gasteiger partial charge in [0.2, 0.25) is 23.6 Å². The van der Waals surface area contributed by atoms with Crippen LogP contribution in [0.1, 0.15) is 51.4 Å². The first kappa shape index (κ1) is 31.1. The van der Waals surface area contributed by atoms with E-state index >= 15 is 0 Å². The van der Waals surface area contributed by atoms with Crippen LogP contribution in [0.3, 0.4) is 0 Å². The third-order valence-corrected chi connectivity index (χ3v) is 5.70. The Morgan fingerprint density at radius 2 is 1.62 bits per heavy atom. The van der Waals surface area contributed by atoms with E-state index in [1.54, 1.807) is 0 Å². The molecule has 12 N–H and O–H groups in total. The van der Waals surface area contributed by atoms with Crippen LogP contribution in [0.4, 0.5) is 0 Å². The fourth-order valence-electron chi connectivity index (χ4n) is 3.76. The average Bonchev–Trinajstić information content (AvgIpc) is 3.31. The number of nitrogens with zero attached hydrogens (tertiary/aromatic N) is 2. The van der Waals surface area contributed by atoms with Gasteiger partial charge in [0.05, 0.1) is 6.04 Å². The number of aliphatic imine (C=N–C) groups is 1. The van der Waals surface area contributed by atoms with Crippen molar-refractivity contribution >= 4 is 41.5 Å². The fraction of sp³-hybridized carbons (Fsp3) is 0.667. The second-order valence-corrected chi connectivity index (χ2v) is 8.64. The van der Waals surface area contributed by atoms with Crippen LogP contribution in [0.5, 0.6) is 0 Å². The Labute approximate surface area is 213 Å². The number of guanidine groups is 1. The van der Waals surface area contributed by atoms with Gasteiger partial charge in [0.15, 0.2) is 5.96 Å². The van der Waals surface area contributed by atoms with Crippen molar-refractivity contribution in [3.8, 4) is 0 Å². The molecule has 0 bridgehead atoms. The molecule has 1 saturated heterocycles. The maximum Gasteiger partial charge on any atom is 0.326 e. The molecule has 37 heavy (non-hydrogen) atoms. The van der Waals surface area contributed by atoms with Crippen molar-refractivity contribution in [2.75, 3.05) is 13.1 Å². The van der Waals surface area contributed by atoms with E-state index in [0.29, 0.717) is 6.42 Å². The van der Waals surface area contributed by atoms with E-state index < -0.39 is 59.7 Å². The van der Waals surface area contributed by atoms with Gasteiger partial charge in [0.25, 0.3) is 0 Å². The lowest BCUT2D eigenvalue weighted by atomic mass is 10.1. The Morgan fingerprint density at radius 1 is 0.946 bits per heavy atom. The van der Waals surface area contributed by atoms with E-state index in [1.165, 1.54) is 4.90 Å². The zero-order valence-corrected chi connectivity index (χ0v) is 20.4. The van der Waals surface area contributed by atoms with Crippen molar-refractivity contribution in [3.63, 3.8) is 0 Å². The van der Waals surface area contributed by atoms with Crippen LogP contribution >= 0.6 is 0 Å². The van der Waals surface area contributed by atoms with Crippen LogP contribution in [0, 0.1) is 0 Å². The standard InChI is InChI=1S/C21H36N8O8/c22-11(5-8-16(31)32)17(33)27-12(6-7-15(23)30)19(35)29-10-2-4-14(29)18(34)28-13(20(36)37)3-1-9-26-21(24)25/h11-14H,1-10,22H2,(H2,23,30)(H,27,33)(H,28,34)(H,31,32)(H,36,37)(H4,24,25,26)/t11-,12-,13-,14-/m0/s1. The highest BCUT2D eigenvalue weighted by Gasteiger charge is 2.39. The molecule has 16 nitrogen and oxygen atoms in total. The van der Waals surface area contributed by atoms with Gasteiger partial charge in [-0.25, -0.2) is 4.79 Å². The zero-order valence-electron chi connectivity index (χ0n) is 20.4. The summed E-state index contributed by atoms with van der Waals surface area (Å²) in [5.41, 5.74) is 21.4. The molecule has 1 fully saturated rings. The van der Waals surface area contributed by atoms with Crippen molar-refractivity contribution in [2.45, 2.75) is 75.5 Å². The highest BCUT2D eigenvalue weighted by molar-refractivity contribution is 5.94. The molecule has 0 aromatic rings. The summed E-state index contributed by atoms with van der Waals surface area (Å²) in [7, 11) is 0. The van der Waals surface area contributed by atoms with Gasteiger partial charge in [0, 0.05) is 25.9 Å². The highest BCUT2D eigenvalue weighted by atomic mass is 16.4. The molecule has 1 aliphatic heterocycles. The molecule has 1 aliphatic rings. The third kappa shape index (κ3) is 11.1. The summed E-state index contributed by atoms with van der Waals surface area (Å²) in [5, 5.41) is 23.1. The second-order valence-electron chi connectivity index (χ2n) is 8.64. The number of nitrogens with two attached hydrogens (primary N) is 4. The molecule has 4 amide bonds. The number of carbonyl (C=O) groups is 6. The van der Waals surface area contributed by atoms with Gasteiger partial charge >= 0.3 is 11.9 Å². The molecule has 0 unspecified atom stereocenters. The topological polar surface area (TPSA) is 287 Å². The lowest BCUT2D eigenvalue weighted by Crippen LogP contribution is -2.57. The Balaban J connectivity index is 2.92. The Bertz CT molecular complexity index is 892. The minimum absolute atomic E-state index is 0.0457. The molecular weight excluding hydrogens is 492 g/mol. The van der Waals surface area contributed by atoms with Crippen LogP contribution in [-0.2, 0) is 28.8 Å². The molecular formula is C21H36N8O8. The number of carboxylic acids is 2. The third-order valence-electron chi connectivity index (χ3n) is 5.70. The summed E-state index contributed by atoms with van der Waals surface area (Å²) < 4.78 is 0.